The van der Waals surface area contributed by atoms with Crippen LogP contribution in [-0.2, 0) is 0 Å². The van der Waals surface area contributed by atoms with E-state index in [2.05, 4.69) is 15.3 Å². The molecule has 1 amide bonds. The monoisotopic (exact) mass is 411 g/mol. The van der Waals surface area contributed by atoms with Crippen LogP contribution in [0.3, 0.4) is 0 Å². The first-order valence-corrected chi connectivity index (χ1v) is 10.3. The third kappa shape index (κ3) is 4.08. The predicted octanol–water partition coefficient (Wildman–Crippen LogP) is 5.44. The molecule has 2 aromatic carbocycles. The van der Waals surface area contributed by atoms with Crippen LogP contribution in [0.4, 0.5) is 0 Å². The standard InChI is InChI=1S/C20H14ClN3OS2/c21-15-8-4-7-14(11-15)19-23-16(12-27-19)18(25)24-17(20-22-9-10-26-20)13-5-2-1-3-6-13/h1-12,17H,(H,24,25). The molecule has 0 aliphatic heterocycles. The molecule has 1 N–H and O–H groups in total. The van der Waals surface area contributed by atoms with Gasteiger partial charge in [-0.1, -0.05) is 54.1 Å². The first-order valence-electron chi connectivity index (χ1n) is 8.17. The maximum Gasteiger partial charge on any atom is 0.271 e. The fourth-order valence-corrected chi connectivity index (χ4v) is 4.35. The van der Waals surface area contributed by atoms with Gasteiger partial charge in [-0.3, -0.25) is 4.79 Å². The van der Waals surface area contributed by atoms with Crippen LogP contribution in [0.1, 0.15) is 27.1 Å². The molecule has 1 atom stereocenters. The molecule has 0 spiro atoms. The number of nitrogens with zero attached hydrogens (tertiary/aromatic N) is 2. The number of halogens is 1. The Morgan fingerprint density at radius 3 is 2.67 bits per heavy atom. The maximum atomic E-state index is 12.8. The molecule has 0 aliphatic carbocycles. The van der Waals surface area contributed by atoms with Gasteiger partial charge < -0.3 is 5.32 Å². The van der Waals surface area contributed by atoms with Crippen molar-refractivity contribution in [2.75, 3.05) is 0 Å². The van der Waals surface area contributed by atoms with Gasteiger partial charge in [-0.05, 0) is 17.7 Å². The molecule has 4 rings (SSSR count). The summed E-state index contributed by atoms with van der Waals surface area (Å²) in [4.78, 5) is 21.7. The van der Waals surface area contributed by atoms with Crippen molar-refractivity contribution in [1.82, 2.24) is 15.3 Å². The molecule has 2 heterocycles. The molecule has 4 aromatic rings. The van der Waals surface area contributed by atoms with E-state index < -0.39 is 0 Å². The van der Waals surface area contributed by atoms with Crippen molar-refractivity contribution in [2.45, 2.75) is 6.04 Å². The van der Waals surface area contributed by atoms with E-state index in [1.807, 2.05) is 60.0 Å². The van der Waals surface area contributed by atoms with Crippen LogP contribution in [0.5, 0.6) is 0 Å². The SMILES string of the molecule is O=C(NC(c1ccccc1)c1nccs1)c1csc(-c2cccc(Cl)c2)n1. The quantitative estimate of drug-likeness (QED) is 0.475. The second kappa shape index (κ2) is 8.00. The molecule has 0 fully saturated rings. The number of benzene rings is 2. The minimum atomic E-state index is -0.310. The first kappa shape index (κ1) is 17.9. The van der Waals surface area contributed by atoms with Gasteiger partial charge in [0, 0.05) is 27.5 Å². The number of carbonyl (C=O) groups is 1. The second-order valence-corrected chi connectivity index (χ2v) is 7.96. The average Bonchev–Trinajstić information content (AvgIpc) is 3.39. The van der Waals surface area contributed by atoms with Crippen molar-refractivity contribution >= 4 is 40.2 Å². The number of amides is 1. The molecule has 0 aliphatic rings. The third-order valence-corrected chi connectivity index (χ3v) is 5.88. The number of nitrogens with one attached hydrogen (secondary N) is 1. The zero-order valence-corrected chi connectivity index (χ0v) is 16.4. The zero-order valence-electron chi connectivity index (χ0n) is 14.0. The Bertz CT molecular complexity index is 1050. The van der Waals surface area contributed by atoms with Gasteiger partial charge >= 0.3 is 0 Å². The van der Waals surface area contributed by atoms with Crippen LogP contribution >= 0.6 is 34.3 Å². The van der Waals surface area contributed by atoms with Crippen molar-refractivity contribution in [3.63, 3.8) is 0 Å². The summed E-state index contributed by atoms with van der Waals surface area (Å²) in [6.07, 6.45) is 1.74. The highest BCUT2D eigenvalue weighted by atomic mass is 35.5. The summed E-state index contributed by atoms with van der Waals surface area (Å²) in [5.41, 5.74) is 2.25. The number of hydrogen-bond donors (Lipinski definition) is 1. The number of rotatable bonds is 5. The average molecular weight is 412 g/mol. The summed E-state index contributed by atoms with van der Waals surface area (Å²) >= 11 is 8.97. The van der Waals surface area contributed by atoms with Crippen molar-refractivity contribution in [3.05, 3.63) is 92.8 Å². The lowest BCUT2D eigenvalue weighted by Crippen LogP contribution is -2.29. The topological polar surface area (TPSA) is 54.9 Å². The number of carbonyl (C=O) groups excluding carboxylic acids is 1. The van der Waals surface area contributed by atoms with Crippen molar-refractivity contribution in [1.29, 1.82) is 0 Å². The van der Waals surface area contributed by atoms with Crippen LogP contribution in [0.2, 0.25) is 5.02 Å². The molecule has 1 unspecified atom stereocenters. The van der Waals surface area contributed by atoms with Crippen LogP contribution < -0.4 is 5.32 Å². The Kier molecular flexibility index (Phi) is 5.29. The van der Waals surface area contributed by atoms with E-state index in [-0.39, 0.29) is 11.9 Å². The highest BCUT2D eigenvalue weighted by molar-refractivity contribution is 7.13. The first-order chi connectivity index (χ1) is 13.2. The zero-order chi connectivity index (χ0) is 18.6. The van der Waals surface area contributed by atoms with Crippen LogP contribution in [0.15, 0.2) is 71.6 Å². The maximum absolute atomic E-state index is 12.8. The van der Waals surface area contributed by atoms with Crippen LogP contribution in [-0.4, -0.2) is 15.9 Å². The Balaban J connectivity index is 1.59. The van der Waals surface area contributed by atoms with E-state index in [1.54, 1.807) is 11.6 Å². The Morgan fingerprint density at radius 1 is 1.07 bits per heavy atom. The lowest BCUT2D eigenvalue weighted by molar-refractivity contribution is 0.0938. The molecule has 0 radical (unpaired) electrons. The molecule has 4 nitrogen and oxygen atoms in total. The number of aromatic nitrogens is 2. The Labute approximate surface area is 169 Å². The minimum absolute atomic E-state index is 0.233. The lowest BCUT2D eigenvalue weighted by Gasteiger charge is -2.16. The van der Waals surface area contributed by atoms with Gasteiger partial charge in [0.15, 0.2) is 0 Å². The highest BCUT2D eigenvalue weighted by Crippen LogP contribution is 2.27. The van der Waals surface area contributed by atoms with Crippen molar-refractivity contribution < 1.29 is 4.79 Å². The van der Waals surface area contributed by atoms with E-state index in [9.17, 15) is 4.79 Å². The molecule has 2 aromatic heterocycles. The summed E-state index contributed by atoms with van der Waals surface area (Å²) in [5, 5.41) is 8.95. The summed E-state index contributed by atoms with van der Waals surface area (Å²) in [5.74, 6) is -0.233. The van der Waals surface area contributed by atoms with Gasteiger partial charge in [0.2, 0.25) is 0 Å². The molecular weight excluding hydrogens is 398 g/mol. The summed E-state index contributed by atoms with van der Waals surface area (Å²) in [6, 6.07) is 16.9. The van der Waals surface area contributed by atoms with Crippen LogP contribution in [0, 0.1) is 0 Å². The Hall–Kier alpha value is -2.54. The second-order valence-electron chi connectivity index (χ2n) is 5.74. The van der Waals surface area contributed by atoms with Gasteiger partial charge in [-0.15, -0.1) is 22.7 Å². The summed E-state index contributed by atoms with van der Waals surface area (Å²) < 4.78 is 0. The fraction of sp³-hybridized carbons (Fsp3) is 0.0500. The van der Waals surface area contributed by atoms with E-state index in [0.717, 1.165) is 21.1 Å². The van der Waals surface area contributed by atoms with Crippen LogP contribution in [0.25, 0.3) is 10.6 Å². The lowest BCUT2D eigenvalue weighted by atomic mass is 10.1. The fourth-order valence-electron chi connectivity index (χ4n) is 2.65. The van der Waals surface area contributed by atoms with E-state index in [4.69, 9.17) is 11.6 Å². The molecule has 7 heteroatoms. The predicted molar refractivity (Wildman–Crippen MR) is 110 cm³/mol. The van der Waals surface area contributed by atoms with Gasteiger partial charge in [0.25, 0.3) is 5.91 Å². The molecule has 0 saturated heterocycles. The van der Waals surface area contributed by atoms with Crippen molar-refractivity contribution in [2.24, 2.45) is 0 Å². The molecular formula is C20H14ClN3OS2. The Morgan fingerprint density at radius 2 is 1.93 bits per heavy atom. The highest BCUT2D eigenvalue weighted by Gasteiger charge is 2.21. The van der Waals surface area contributed by atoms with Crippen molar-refractivity contribution in [3.8, 4) is 10.6 Å². The largest absolute Gasteiger partial charge is 0.337 e. The minimum Gasteiger partial charge on any atom is -0.337 e. The smallest absolute Gasteiger partial charge is 0.271 e. The van der Waals surface area contributed by atoms with E-state index >= 15 is 0 Å². The van der Waals surface area contributed by atoms with E-state index in [1.165, 1.54) is 22.7 Å². The molecule has 0 saturated carbocycles. The summed E-state index contributed by atoms with van der Waals surface area (Å²) in [6.45, 7) is 0. The van der Waals surface area contributed by atoms with E-state index in [0.29, 0.717) is 10.7 Å². The summed E-state index contributed by atoms with van der Waals surface area (Å²) in [7, 11) is 0. The third-order valence-electron chi connectivity index (χ3n) is 3.92. The molecule has 0 bridgehead atoms. The normalized spacial score (nSPS) is 11.9. The number of hydrogen-bond acceptors (Lipinski definition) is 5. The number of thiazole rings is 2. The van der Waals surface area contributed by atoms with Gasteiger partial charge in [0.05, 0.1) is 0 Å². The van der Waals surface area contributed by atoms with Gasteiger partial charge in [0.1, 0.15) is 21.8 Å². The van der Waals surface area contributed by atoms with Gasteiger partial charge in [-0.2, -0.15) is 0 Å². The molecule has 27 heavy (non-hydrogen) atoms. The molecule has 134 valence electrons. The van der Waals surface area contributed by atoms with Gasteiger partial charge in [-0.25, -0.2) is 9.97 Å².